The Kier molecular flexibility index (Phi) is 9.08. The number of allylic oxidation sites excluding steroid dienone is 1. The molecule has 9 heteroatoms. The van der Waals surface area contributed by atoms with Crippen LogP contribution in [0.5, 0.6) is 0 Å². The number of unbranched alkanes of at least 4 members (excludes halogenated alkanes) is 1. The van der Waals surface area contributed by atoms with Crippen molar-refractivity contribution < 1.29 is 19.1 Å². The molecule has 228 valence electrons. The van der Waals surface area contributed by atoms with Gasteiger partial charge in [-0.2, -0.15) is 0 Å². The number of aromatic nitrogens is 1. The van der Waals surface area contributed by atoms with Crippen LogP contribution in [-0.2, 0) is 21.4 Å². The third-order valence-electron chi connectivity index (χ3n) is 8.31. The first kappa shape index (κ1) is 30.2. The molecule has 1 aliphatic heterocycles. The number of carbonyl (C=O) groups excluding carboxylic acids is 3. The number of H-pyrrole nitrogens is 1. The van der Waals surface area contributed by atoms with Crippen LogP contribution in [0.4, 0.5) is 9.59 Å². The molecule has 2 heterocycles. The van der Waals surface area contributed by atoms with Crippen molar-refractivity contribution in [2.75, 3.05) is 26.2 Å². The topological polar surface area (TPSA) is 116 Å². The fourth-order valence-electron chi connectivity index (χ4n) is 6.04. The molecule has 43 heavy (non-hydrogen) atoms. The zero-order valence-corrected chi connectivity index (χ0v) is 25.4. The summed E-state index contributed by atoms with van der Waals surface area (Å²) in [5.74, 6) is -0.222. The molecule has 1 atom stereocenters. The van der Waals surface area contributed by atoms with Crippen molar-refractivity contribution in [1.82, 2.24) is 25.8 Å². The summed E-state index contributed by atoms with van der Waals surface area (Å²) in [7, 11) is 0. The zero-order chi connectivity index (χ0) is 30.5. The van der Waals surface area contributed by atoms with Gasteiger partial charge in [0.15, 0.2) is 0 Å². The number of amides is 4. The Morgan fingerprint density at radius 3 is 2.44 bits per heavy atom. The van der Waals surface area contributed by atoms with Gasteiger partial charge >= 0.3 is 12.1 Å². The van der Waals surface area contributed by atoms with Crippen LogP contribution < -0.4 is 16.0 Å². The molecule has 9 nitrogen and oxygen atoms in total. The third-order valence-corrected chi connectivity index (χ3v) is 8.31. The molecular formula is C34H43N5O4. The van der Waals surface area contributed by atoms with Gasteiger partial charge in [-0.25, -0.2) is 9.59 Å². The number of fused-ring (bicyclic) bond motifs is 3. The number of para-hydroxylation sites is 1. The summed E-state index contributed by atoms with van der Waals surface area (Å²) < 4.78 is 5.25. The summed E-state index contributed by atoms with van der Waals surface area (Å²) in [5, 5.41) is 9.81. The van der Waals surface area contributed by atoms with Crippen LogP contribution in [0.15, 0.2) is 60.8 Å². The van der Waals surface area contributed by atoms with E-state index in [1.807, 2.05) is 56.1 Å². The van der Waals surface area contributed by atoms with E-state index in [9.17, 15) is 14.4 Å². The highest BCUT2D eigenvalue weighted by molar-refractivity contribution is 5.89. The van der Waals surface area contributed by atoms with Gasteiger partial charge in [0.1, 0.15) is 11.6 Å². The summed E-state index contributed by atoms with van der Waals surface area (Å²) in [4.78, 5) is 43.8. The number of piperidine rings is 1. The van der Waals surface area contributed by atoms with Crippen LogP contribution in [0, 0.1) is 0 Å². The lowest BCUT2D eigenvalue weighted by atomic mass is 9.74. The Balaban J connectivity index is 1.17. The molecule has 0 saturated carbocycles. The van der Waals surface area contributed by atoms with Crippen molar-refractivity contribution in [3.63, 3.8) is 0 Å². The molecule has 0 bridgehead atoms. The van der Waals surface area contributed by atoms with Crippen LogP contribution >= 0.6 is 0 Å². The first-order valence-electron chi connectivity index (χ1n) is 15.3. The smallest absolute Gasteiger partial charge is 0.407 e. The highest BCUT2D eigenvalue weighted by Crippen LogP contribution is 2.43. The van der Waals surface area contributed by atoms with Gasteiger partial charge in [-0.15, -0.1) is 0 Å². The molecule has 1 spiro atoms. The Labute approximate surface area is 253 Å². The van der Waals surface area contributed by atoms with Crippen molar-refractivity contribution in [2.24, 2.45) is 0 Å². The lowest BCUT2D eigenvalue weighted by Gasteiger charge is -2.39. The Morgan fingerprint density at radius 2 is 1.67 bits per heavy atom. The number of likely N-dealkylation sites (tertiary alicyclic amines) is 1. The zero-order valence-electron chi connectivity index (χ0n) is 25.4. The second-order valence-electron chi connectivity index (χ2n) is 12.6. The standard InChI is InChI=1S/C34H43N5O4/c1-33(2,3)43-32(42)36-19-9-8-18-35-30(40)29(22-25-23-37-28-13-7-5-11-26(25)28)38-31(41)39-20-16-34(17-21-39)15-14-24-10-4-6-12-27(24)34/h4-7,10-15,23,29,37H,8-9,16-22H2,1-3H3,(H,35,40)(H,36,42)(H,38,41)/t29-/m1/s1. The fraction of sp³-hybridized carbons (Fsp3) is 0.441. The molecule has 4 amide bonds. The molecule has 4 N–H and O–H groups in total. The number of rotatable bonds is 9. The Hall–Kier alpha value is -4.27. The average molecular weight is 586 g/mol. The van der Waals surface area contributed by atoms with Crippen LogP contribution in [-0.4, -0.2) is 65.7 Å². The van der Waals surface area contributed by atoms with E-state index in [2.05, 4.69) is 57.4 Å². The largest absolute Gasteiger partial charge is 0.444 e. The molecule has 3 aromatic rings. The molecule has 0 radical (unpaired) electrons. The van der Waals surface area contributed by atoms with E-state index < -0.39 is 17.7 Å². The first-order chi connectivity index (χ1) is 20.6. The second-order valence-corrected chi connectivity index (χ2v) is 12.6. The van der Waals surface area contributed by atoms with Crippen molar-refractivity contribution in [3.05, 3.63) is 77.5 Å². The minimum atomic E-state index is -0.727. The van der Waals surface area contributed by atoms with Gasteiger partial charge in [-0.05, 0) is 69.2 Å². The van der Waals surface area contributed by atoms with Gasteiger partial charge in [0.2, 0.25) is 5.91 Å². The molecule has 2 aromatic carbocycles. The number of nitrogens with zero attached hydrogens (tertiary/aromatic N) is 1. The predicted octanol–water partition coefficient (Wildman–Crippen LogP) is 5.27. The number of hydrogen-bond acceptors (Lipinski definition) is 4. The van der Waals surface area contributed by atoms with Crippen LogP contribution in [0.3, 0.4) is 0 Å². The summed E-state index contributed by atoms with van der Waals surface area (Å²) in [6.07, 6.45) is 9.39. The first-order valence-corrected chi connectivity index (χ1v) is 15.3. The maximum absolute atomic E-state index is 13.5. The number of ether oxygens (including phenoxy) is 1. The molecule has 5 rings (SSSR count). The highest BCUT2D eigenvalue weighted by atomic mass is 16.6. The van der Waals surface area contributed by atoms with Gasteiger partial charge < -0.3 is 30.6 Å². The molecule has 1 aromatic heterocycles. The van der Waals surface area contributed by atoms with E-state index >= 15 is 0 Å². The van der Waals surface area contributed by atoms with E-state index in [-0.39, 0.29) is 17.4 Å². The summed E-state index contributed by atoms with van der Waals surface area (Å²) >= 11 is 0. The number of nitrogens with one attached hydrogen (secondary N) is 4. The fourth-order valence-corrected chi connectivity index (χ4v) is 6.04. The minimum Gasteiger partial charge on any atom is -0.444 e. The van der Waals surface area contributed by atoms with Crippen molar-refractivity contribution in [3.8, 4) is 0 Å². The highest BCUT2D eigenvalue weighted by Gasteiger charge is 2.39. The van der Waals surface area contributed by atoms with Gasteiger partial charge in [0, 0.05) is 55.1 Å². The number of urea groups is 1. The average Bonchev–Trinajstić information content (AvgIpc) is 3.55. The lowest BCUT2D eigenvalue weighted by Crippen LogP contribution is -2.54. The predicted molar refractivity (Wildman–Crippen MR) is 169 cm³/mol. The monoisotopic (exact) mass is 585 g/mol. The number of carbonyl (C=O) groups is 3. The SMILES string of the molecule is CC(C)(C)OC(=O)NCCCCNC(=O)[C@@H](Cc1c[nH]c2ccccc12)NC(=O)N1CCC2(C=Cc3ccccc32)CC1. The van der Waals surface area contributed by atoms with Crippen LogP contribution in [0.25, 0.3) is 17.0 Å². The van der Waals surface area contributed by atoms with E-state index in [0.717, 1.165) is 29.3 Å². The lowest BCUT2D eigenvalue weighted by molar-refractivity contribution is -0.123. The molecule has 0 unspecified atom stereocenters. The number of alkyl carbamates (subject to hydrolysis) is 1. The van der Waals surface area contributed by atoms with Crippen molar-refractivity contribution in [1.29, 1.82) is 0 Å². The maximum Gasteiger partial charge on any atom is 0.407 e. The van der Waals surface area contributed by atoms with E-state index in [1.54, 1.807) is 0 Å². The van der Waals surface area contributed by atoms with Gasteiger partial charge in [-0.1, -0.05) is 54.6 Å². The van der Waals surface area contributed by atoms with Crippen LogP contribution in [0.1, 0.15) is 63.1 Å². The number of hydrogen-bond donors (Lipinski definition) is 4. The van der Waals surface area contributed by atoms with Gasteiger partial charge in [0.25, 0.3) is 0 Å². The van der Waals surface area contributed by atoms with E-state index in [4.69, 9.17) is 4.74 Å². The summed E-state index contributed by atoms with van der Waals surface area (Å²) in [5.41, 5.74) is 4.00. The van der Waals surface area contributed by atoms with Gasteiger partial charge in [0.05, 0.1) is 0 Å². The van der Waals surface area contributed by atoms with E-state index in [0.29, 0.717) is 45.4 Å². The molecule has 1 aliphatic carbocycles. The summed E-state index contributed by atoms with van der Waals surface area (Å²) in [6, 6.07) is 15.5. The van der Waals surface area contributed by atoms with Crippen molar-refractivity contribution in [2.45, 2.75) is 69.9 Å². The summed E-state index contributed by atoms with van der Waals surface area (Å²) in [6.45, 7) is 7.60. The van der Waals surface area contributed by atoms with Crippen LogP contribution in [0.2, 0.25) is 0 Å². The Bertz CT molecular complexity index is 1480. The molecular weight excluding hydrogens is 542 g/mol. The molecule has 1 fully saturated rings. The van der Waals surface area contributed by atoms with Crippen molar-refractivity contribution >= 4 is 35.0 Å². The number of benzene rings is 2. The molecule has 2 aliphatic rings. The quantitative estimate of drug-likeness (QED) is 0.256. The minimum absolute atomic E-state index is 0.0213. The second kappa shape index (κ2) is 12.9. The Morgan fingerprint density at radius 1 is 0.977 bits per heavy atom. The number of aromatic amines is 1. The maximum atomic E-state index is 13.5. The third kappa shape index (κ3) is 7.39. The normalized spacial score (nSPS) is 16.1. The van der Waals surface area contributed by atoms with E-state index in [1.165, 1.54) is 11.1 Å². The molecule has 1 saturated heterocycles. The van der Waals surface area contributed by atoms with Gasteiger partial charge in [-0.3, -0.25) is 4.79 Å².